The zero-order valence-corrected chi connectivity index (χ0v) is 20.5. The van der Waals surface area contributed by atoms with Crippen molar-refractivity contribution in [3.63, 3.8) is 0 Å². The maximum absolute atomic E-state index is 12.3. The van der Waals surface area contributed by atoms with Gasteiger partial charge in [-0.1, -0.05) is 13.8 Å². The molecule has 9 heteroatoms. The standard InChI is InChI=1S/C17H36N4O3S.HI/c1-8-18-16(20(6)13-15(22)21(9-2)10-3)19-14-17(4,5)11-12-25(7,23)24;/h8-14H2,1-7H3,(H,18,19);1H. The van der Waals surface area contributed by atoms with Crippen LogP contribution < -0.4 is 5.32 Å². The first kappa shape index (κ1) is 27.6. The third kappa shape index (κ3) is 11.9. The zero-order valence-electron chi connectivity index (χ0n) is 17.3. The van der Waals surface area contributed by atoms with E-state index in [-0.39, 0.29) is 47.6 Å². The summed E-state index contributed by atoms with van der Waals surface area (Å²) >= 11 is 0. The van der Waals surface area contributed by atoms with Gasteiger partial charge in [-0.15, -0.1) is 24.0 Å². The summed E-state index contributed by atoms with van der Waals surface area (Å²) < 4.78 is 22.7. The first-order valence-corrected chi connectivity index (χ1v) is 11.0. The highest BCUT2D eigenvalue weighted by Gasteiger charge is 2.21. The molecule has 0 fully saturated rings. The molecular weight excluding hydrogens is 467 g/mol. The van der Waals surface area contributed by atoms with Crippen LogP contribution in [0.4, 0.5) is 0 Å². The maximum Gasteiger partial charge on any atom is 0.242 e. The Morgan fingerprint density at radius 2 is 1.69 bits per heavy atom. The summed E-state index contributed by atoms with van der Waals surface area (Å²) in [4.78, 5) is 20.5. The zero-order chi connectivity index (χ0) is 19.7. The van der Waals surface area contributed by atoms with Crippen molar-refractivity contribution in [2.75, 3.05) is 51.8 Å². The van der Waals surface area contributed by atoms with Crippen LogP contribution in [0.25, 0.3) is 0 Å². The molecule has 0 heterocycles. The van der Waals surface area contributed by atoms with E-state index in [1.807, 2.05) is 46.6 Å². The van der Waals surface area contributed by atoms with E-state index in [2.05, 4.69) is 10.3 Å². The van der Waals surface area contributed by atoms with Gasteiger partial charge >= 0.3 is 0 Å². The predicted octanol–water partition coefficient (Wildman–Crippen LogP) is 1.83. The van der Waals surface area contributed by atoms with Crippen LogP contribution >= 0.6 is 24.0 Å². The van der Waals surface area contributed by atoms with Crippen LogP contribution in [0, 0.1) is 5.41 Å². The monoisotopic (exact) mass is 504 g/mol. The number of aliphatic imine (C=N–C) groups is 1. The van der Waals surface area contributed by atoms with Crippen molar-refractivity contribution < 1.29 is 13.2 Å². The van der Waals surface area contributed by atoms with Gasteiger partial charge in [-0.2, -0.15) is 0 Å². The van der Waals surface area contributed by atoms with Gasteiger partial charge in [-0.25, -0.2) is 8.42 Å². The van der Waals surface area contributed by atoms with Crippen molar-refractivity contribution in [2.24, 2.45) is 10.4 Å². The normalized spacial score (nSPS) is 12.3. The van der Waals surface area contributed by atoms with Crippen LogP contribution in [0.2, 0.25) is 0 Å². The second-order valence-electron chi connectivity index (χ2n) is 7.14. The largest absolute Gasteiger partial charge is 0.357 e. The number of nitrogens with zero attached hydrogens (tertiary/aromatic N) is 3. The second-order valence-corrected chi connectivity index (χ2v) is 9.40. The smallest absolute Gasteiger partial charge is 0.242 e. The van der Waals surface area contributed by atoms with Gasteiger partial charge in [0.25, 0.3) is 0 Å². The average molecular weight is 504 g/mol. The van der Waals surface area contributed by atoms with E-state index < -0.39 is 9.84 Å². The summed E-state index contributed by atoms with van der Waals surface area (Å²) in [6.07, 6.45) is 1.81. The minimum Gasteiger partial charge on any atom is -0.357 e. The molecule has 0 radical (unpaired) electrons. The molecule has 0 atom stereocenters. The fraction of sp³-hybridized carbons (Fsp3) is 0.882. The first-order chi connectivity index (χ1) is 11.5. The lowest BCUT2D eigenvalue weighted by Gasteiger charge is -2.27. The SMILES string of the molecule is CCNC(=NCC(C)(C)CCS(C)(=O)=O)N(C)CC(=O)N(CC)CC.I. The maximum atomic E-state index is 12.3. The van der Waals surface area contributed by atoms with Crippen molar-refractivity contribution in [3.05, 3.63) is 0 Å². The molecule has 0 rings (SSSR count). The van der Waals surface area contributed by atoms with Crippen LogP contribution in [0.15, 0.2) is 4.99 Å². The number of hydrogen-bond acceptors (Lipinski definition) is 4. The Labute approximate surface area is 176 Å². The molecule has 156 valence electrons. The van der Waals surface area contributed by atoms with Crippen molar-refractivity contribution in [3.8, 4) is 0 Å². The van der Waals surface area contributed by atoms with Crippen LogP contribution in [0.5, 0.6) is 0 Å². The fourth-order valence-electron chi connectivity index (χ4n) is 2.25. The molecule has 0 aromatic heterocycles. The molecule has 0 aliphatic heterocycles. The third-order valence-corrected chi connectivity index (χ3v) is 4.94. The molecule has 1 amide bonds. The van der Waals surface area contributed by atoms with E-state index >= 15 is 0 Å². The van der Waals surface area contributed by atoms with Crippen LogP contribution in [0.1, 0.15) is 41.0 Å². The van der Waals surface area contributed by atoms with Crippen molar-refractivity contribution in [2.45, 2.75) is 41.0 Å². The van der Waals surface area contributed by atoms with Crippen molar-refractivity contribution in [1.29, 1.82) is 0 Å². The number of guanidine groups is 1. The highest BCUT2D eigenvalue weighted by atomic mass is 127. The highest BCUT2D eigenvalue weighted by molar-refractivity contribution is 14.0. The number of hydrogen-bond donors (Lipinski definition) is 1. The van der Waals surface area contributed by atoms with Gasteiger partial charge in [0, 0.05) is 39.5 Å². The molecule has 26 heavy (non-hydrogen) atoms. The minimum atomic E-state index is -2.98. The van der Waals surface area contributed by atoms with E-state index in [1.54, 1.807) is 4.90 Å². The molecule has 0 aromatic carbocycles. The number of sulfone groups is 1. The molecule has 0 saturated carbocycles. The molecular formula is C17H37IN4O3S. The average Bonchev–Trinajstić information content (AvgIpc) is 2.50. The van der Waals surface area contributed by atoms with E-state index in [1.165, 1.54) is 6.26 Å². The summed E-state index contributed by atoms with van der Waals surface area (Å²) in [5, 5.41) is 3.19. The Balaban J connectivity index is 0. The number of carbonyl (C=O) groups is 1. The van der Waals surface area contributed by atoms with Gasteiger partial charge in [0.15, 0.2) is 5.96 Å². The fourth-order valence-corrected chi connectivity index (χ4v) is 3.18. The molecule has 0 bridgehead atoms. The van der Waals surface area contributed by atoms with Gasteiger partial charge in [0.1, 0.15) is 9.84 Å². The van der Waals surface area contributed by atoms with E-state index in [0.29, 0.717) is 38.6 Å². The highest BCUT2D eigenvalue weighted by Crippen LogP contribution is 2.21. The summed E-state index contributed by atoms with van der Waals surface area (Å²) in [5.74, 6) is 0.882. The summed E-state index contributed by atoms with van der Waals surface area (Å²) in [6.45, 7) is 12.8. The Bertz CT molecular complexity index is 546. The molecule has 1 N–H and O–H groups in total. The molecule has 0 saturated heterocycles. The van der Waals surface area contributed by atoms with Gasteiger partial charge in [-0.05, 0) is 32.6 Å². The number of carbonyl (C=O) groups excluding carboxylic acids is 1. The van der Waals surface area contributed by atoms with E-state index in [4.69, 9.17) is 0 Å². The number of rotatable bonds is 10. The number of likely N-dealkylation sites (N-methyl/N-ethyl adjacent to an activating group) is 2. The number of halogens is 1. The lowest BCUT2D eigenvalue weighted by atomic mass is 9.90. The van der Waals surface area contributed by atoms with Crippen LogP contribution in [-0.2, 0) is 14.6 Å². The molecule has 0 aromatic rings. The summed E-state index contributed by atoms with van der Waals surface area (Å²) in [7, 11) is -1.14. The van der Waals surface area contributed by atoms with E-state index in [0.717, 1.165) is 0 Å². The van der Waals surface area contributed by atoms with Gasteiger partial charge in [0.2, 0.25) is 5.91 Å². The van der Waals surface area contributed by atoms with Gasteiger partial charge in [0.05, 0.1) is 12.3 Å². The van der Waals surface area contributed by atoms with Gasteiger partial charge < -0.3 is 15.1 Å². The Morgan fingerprint density at radius 1 is 1.15 bits per heavy atom. The Morgan fingerprint density at radius 3 is 2.12 bits per heavy atom. The van der Waals surface area contributed by atoms with Crippen LogP contribution in [0.3, 0.4) is 0 Å². The van der Waals surface area contributed by atoms with Crippen molar-refractivity contribution >= 4 is 45.7 Å². The summed E-state index contributed by atoms with van der Waals surface area (Å²) in [5.41, 5.74) is -0.229. The lowest BCUT2D eigenvalue weighted by molar-refractivity contribution is -0.131. The van der Waals surface area contributed by atoms with Gasteiger partial charge in [-0.3, -0.25) is 9.79 Å². The topological polar surface area (TPSA) is 82.1 Å². The van der Waals surface area contributed by atoms with Crippen molar-refractivity contribution in [1.82, 2.24) is 15.1 Å². The molecule has 0 aliphatic rings. The lowest BCUT2D eigenvalue weighted by Crippen LogP contribution is -2.46. The molecule has 0 aliphatic carbocycles. The van der Waals surface area contributed by atoms with Crippen LogP contribution in [-0.4, -0.2) is 81.9 Å². The molecule has 7 nitrogen and oxygen atoms in total. The quantitative estimate of drug-likeness (QED) is 0.279. The molecule has 0 spiro atoms. The number of nitrogens with one attached hydrogen (secondary N) is 1. The minimum absolute atomic E-state index is 0. The summed E-state index contributed by atoms with van der Waals surface area (Å²) in [6, 6.07) is 0. The predicted molar refractivity (Wildman–Crippen MR) is 120 cm³/mol. The van der Waals surface area contributed by atoms with E-state index in [9.17, 15) is 13.2 Å². The second kappa shape index (κ2) is 12.7. The Hall–Kier alpha value is -0.580. The Kier molecular flexibility index (Phi) is 13.5. The third-order valence-electron chi connectivity index (χ3n) is 3.99. The first-order valence-electron chi connectivity index (χ1n) is 8.90. The molecule has 0 unspecified atom stereocenters. The number of amides is 1.